The molecule has 2 aromatic heterocycles. The molecule has 250 valence electrons. The number of piperidine rings is 1. The van der Waals surface area contributed by atoms with Gasteiger partial charge in [-0.15, -0.1) is 0 Å². The molecule has 7 rings (SSSR count). The fourth-order valence-electron chi connectivity index (χ4n) is 5.86. The van der Waals surface area contributed by atoms with Gasteiger partial charge < -0.3 is 24.6 Å². The van der Waals surface area contributed by atoms with Crippen molar-refractivity contribution >= 4 is 17.4 Å². The number of aromatic nitrogens is 3. The molecule has 1 unspecified atom stereocenters. The summed E-state index contributed by atoms with van der Waals surface area (Å²) in [5.74, 6) is 0.125. The number of fused-ring (bicyclic) bond motifs is 6. The molecule has 0 radical (unpaired) electrons. The standard InChI is InChI=1S/C33H35FN4O4.C4H10O/c1-20-15-29-26(17-27(20)34)23-8-5-9-24(16-23)28-19-30-35-22(3)25(18-31(39)40)32(38(30)36-28)37-12-10-33(4,11-13-37)41-14-6-7-21(2)42-29;1-4(2,3)5/h5-9,15-17,19,21H,10-14,18H2,1-4H3,(H,39,40);5H,1-3H3/b7-6+;. The summed E-state index contributed by atoms with van der Waals surface area (Å²) in [7, 11) is 0. The van der Waals surface area contributed by atoms with Gasteiger partial charge in [0, 0.05) is 41.5 Å². The van der Waals surface area contributed by atoms with Crippen LogP contribution in [0, 0.1) is 19.7 Å². The molecule has 1 saturated heterocycles. The van der Waals surface area contributed by atoms with Crippen LogP contribution in [0.1, 0.15) is 64.3 Å². The van der Waals surface area contributed by atoms with Crippen LogP contribution in [0.4, 0.5) is 10.2 Å². The molecule has 0 saturated carbocycles. The van der Waals surface area contributed by atoms with Crippen molar-refractivity contribution in [2.75, 3.05) is 24.6 Å². The van der Waals surface area contributed by atoms with Crippen LogP contribution in [-0.2, 0) is 16.0 Å². The first kappa shape index (κ1) is 34.1. The van der Waals surface area contributed by atoms with Gasteiger partial charge in [-0.05, 0) is 96.7 Å². The lowest BCUT2D eigenvalue weighted by Gasteiger charge is -2.40. The fourth-order valence-corrected chi connectivity index (χ4v) is 5.86. The van der Waals surface area contributed by atoms with Crippen LogP contribution in [0.3, 0.4) is 0 Å². The molecule has 2 N–H and O–H groups in total. The molecule has 2 aromatic carbocycles. The average Bonchev–Trinajstić information content (AvgIpc) is 3.40. The van der Waals surface area contributed by atoms with E-state index < -0.39 is 11.6 Å². The fraction of sp³-hybridized carbons (Fsp3) is 0.432. The van der Waals surface area contributed by atoms with Crippen molar-refractivity contribution in [1.82, 2.24) is 14.6 Å². The Bertz CT molecular complexity index is 1790. The predicted octanol–water partition coefficient (Wildman–Crippen LogP) is 6.94. The van der Waals surface area contributed by atoms with Crippen LogP contribution in [0.15, 0.2) is 54.6 Å². The van der Waals surface area contributed by atoms with E-state index in [0.29, 0.717) is 59.2 Å². The quantitative estimate of drug-likeness (QED) is 0.226. The third kappa shape index (κ3) is 8.18. The van der Waals surface area contributed by atoms with Gasteiger partial charge >= 0.3 is 5.97 Å². The van der Waals surface area contributed by atoms with E-state index in [2.05, 4.69) is 11.8 Å². The molecule has 1 fully saturated rings. The van der Waals surface area contributed by atoms with E-state index in [4.69, 9.17) is 24.7 Å². The van der Waals surface area contributed by atoms with Crippen LogP contribution in [0.5, 0.6) is 5.75 Å². The molecular weight excluding hydrogens is 599 g/mol. The Morgan fingerprint density at radius 2 is 1.79 bits per heavy atom. The summed E-state index contributed by atoms with van der Waals surface area (Å²) >= 11 is 0. The number of hydrogen-bond donors (Lipinski definition) is 2. The van der Waals surface area contributed by atoms with Crippen LogP contribution < -0.4 is 9.64 Å². The minimum absolute atomic E-state index is 0.149. The normalized spacial score (nSPS) is 20.4. The number of ether oxygens (including phenoxy) is 2. The Kier molecular flexibility index (Phi) is 9.75. The summed E-state index contributed by atoms with van der Waals surface area (Å²) < 4.78 is 29.3. The van der Waals surface area contributed by atoms with Crippen LogP contribution in [0.25, 0.3) is 28.0 Å². The number of anilines is 1. The van der Waals surface area contributed by atoms with Crippen molar-refractivity contribution in [2.24, 2.45) is 0 Å². The second kappa shape index (κ2) is 13.4. The van der Waals surface area contributed by atoms with E-state index in [1.807, 2.05) is 56.3 Å². The van der Waals surface area contributed by atoms with Crippen molar-refractivity contribution in [1.29, 1.82) is 0 Å². The maximum absolute atomic E-state index is 14.8. The van der Waals surface area contributed by atoms with Gasteiger partial charge in [-0.3, -0.25) is 4.79 Å². The minimum Gasteiger partial charge on any atom is -0.486 e. The molecule has 47 heavy (non-hydrogen) atoms. The van der Waals surface area contributed by atoms with Gasteiger partial charge in [0.2, 0.25) is 0 Å². The third-order valence-electron chi connectivity index (χ3n) is 8.31. The SMILES string of the molecule is CC(C)(C)O.Cc1cc2c(cc1F)-c1cccc(c1)-c1cc3nc(C)c(CC(=O)O)c(n3n1)N1CCC(C)(CC1)OC/C=C/C(C)O2. The number of aliphatic carboxylic acids is 1. The van der Waals surface area contributed by atoms with Gasteiger partial charge in [0.15, 0.2) is 5.65 Å². The van der Waals surface area contributed by atoms with E-state index in [9.17, 15) is 14.3 Å². The third-order valence-corrected chi connectivity index (χ3v) is 8.31. The molecule has 6 bridgehead atoms. The number of nitrogens with zero attached hydrogens (tertiary/aromatic N) is 4. The lowest BCUT2D eigenvalue weighted by atomic mass is 9.93. The second-order valence-electron chi connectivity index (χ2n) is 13.7. The van der Waals surface area contributed by atoms with Gasteiger partial charge in [-0.2, -0.15) is 9.61 Å². The molecule has 0 aliphatic carbocycles. The molecule has 9 nitrogen and oxygen atoms in total. The van der Waals surface area contributed by atoms with Gasteiger partial charge in [0.1, 0.15) is 23.5 Å². The van der Waals surface area contributed by atoms with E-state index >= 15 is 0 Å². The number of carboxylic acids is 1. The highest BCUT2D eigenvalue weighted by Crippen LogP contribution is 2.37. The van der Waals surface area contributed by atoms with E-state index in [-0.39, 0.29) is 23.9 Å². The van der Waals surface area contributed by atoms with Crippen molar-refractivity contribution in [3.63, 3.8) is 0 Å². The van der Waals surface area contributed by atoms with E-state index in [0.717, 1.165) is 29.8 Å². The lowest BCUT2D eigenvalue weighted by Crippen LogP contribution is -2.45. The molecule has 4 aromatic rings. The number of aryl methyl sites for hydroxylation is 2. The molecular formula is C37H45FN4O5. The minimum atomic E-state index is -0.916. The predicted molar refractivity (Wildman–Crippen MR) is 182 cm³/mol. The maximum atomic E-state index is 14.8. The first-order valence-electron chi connectivity index (χ1n) is 16.1. The van der Waals surface area contributed by atoms with E-state index in [1.54, 1.807) is 38.3 Å². The van der Waals surface area contributed by atoms with Gasteiger partial charge in [-0.25, -0.2) is 9.37 Å². The molecule has 0 amide bonds. The highest BCUT2D eigenvalue weighted by Gasteiger charge is 2.33. The Labute approximate surface area is 275 Å². The summed E-state index contributed by atoms with van der Waals surface area (Å²) in [6, 6.07) is 12.9. The number of halogens is 1. The van der Waals surface area contributed by atoms with Gasteiger partial charge in [-0.1, -0.05) is 24.3 Å². The monoisotopic (exact) mass is 644 g/mol. The Morgan fingerprint density at radius 1 is 1.11 bits per heavy atom. The lowest BCUT2D eigenvalue weighted by molar-refractivity contribution is -0.136. The smallest absolute Gasteiger partial charge is 0.308 e. The first-order valence-corrected chi connectivity index (χ1v) is 16.1. The number of aliphatic hydroxyl groups is 1. The summed E-state index contributed by atoms with van der Waals surface area (Å²) in [6.45, 7) is 14.7. The van der Waals surface area contributed by atoms with Crippen LogP contribution in [0.2, 0.25) is 0 Å². The number of hydrogen-bond acceptors (Lipinski definition) is 7. The highest BCUT2D eigenvalue weighted by molar-refractivity contribution is 5.78. The van der Waals surface area contributed by atoms with Gasteiger partial charge in [0.05, 0.1) is 29.9 Å². The topological polar surface area (TPSA) is 109 Å². The van der Waals surface area contributed by atoms with Crippen molar-refractivity contribution in [3.05, 3.63) is 77.3 Å². The summed E-state index contributed by atoms with van der Waals surface area (Å²) in [5, 5.41) is 23.2. The molecule has 10 heteroatoms. The summed E-state index contributed by atoms with van der Waals surface area (Å²) in [4.78, 5) is 18.9. The summed E-state index contributed by atoms with van der Waals surface area (Å²) in [5.41, 5.74) is 4.61. The van der Waals surface area contributed by atoms with Crippen LogP contribution >= 0.6 is 0 Å². The zero-order valence-electron chi connectivity index (χ0n) is 28.3. The van der Waals surface area contributed by atoms with Crippen LogP contribution in [-0.4, -0.2) is 67.8 Å². The van der Waals surface area contributed by atoms with E-state index in [1.165, 1.54) is 6.07 Å². The largest absolute Gasteiger partial charge is 0.486 e. The Morgan fingerprint density at radius 3 is 2.47 bits per heavy atom. The number of carboxylic acid groups (broad SMARTS) is 1. The van der Waals surface area contributed by atoms with Crippen molar-refractivity contribution in [2.45, 2.75) is 85.0 Å². The molecule has 3 aliphatic rings. The maximum Gasteiger partial charge on any atom is 0.308 e. The van der Waals surface area contributed by atoms with Crippen molar-refractivity contribution in [3.8, 4) is 28.1 Å². The number of carbonyl (C=O) groups is 1. The molecule has 1 atom stereocenters. The zero-order chi connectivity index (χ0) is 34.1. The highest BCUT2D eigenvalue weighted by atomic mass is 19.1. The first-order chi connectivity index (χ1) is 22.1. The van der Waals surface area contributed by atoms with Crippen molar-refractivity contribution < 1.29 is 28.9 Å². The number of benzene rings is 2. The molecule has 0 spiro atoms. The molecule has 3 aliphatic heterocycles. The molecule has 5 heterocycles. The second-order valence-corrected chi connectivity index (χ2v) is 13.7. The average molecular weight is 645 g/mol. The zero-order valence-corrected chi connectivity index (χ0v) is 28.3. The Balaban J connectivity index is 0.000000807. The Hall–Kier alpha value is -4.28. The number of rotatable bonds is 2. The van der Waals surface area contributed by atoms with Gasteiger partial charge in [0.25, 0.3) is 0 Å². The summed E-state index contributed by atoms with van der Waals surface area (Å²) in [6.07, 6.45) is 5.08.